The summed E-state index contributed by atoms with van der Waals surface area (Å²) in [6, 6.07) is 1.47. The number of rotatable bonds is 4. The third-order valence-electron chi connectivity index (χ3n) is 2.86. The molecule has 0 bridgehead atoms. The van der Waals surface area contributed by atoms with Gasteiger partial charge in [-0.25, -0.2) is 13.5 Å². The zero-order valence-electron chi connectivity index (χ0n) is 10.8. The van der Waals surface area contributed by atoms with E-state index in [0.29, 0.717) is 16.8 Å². The second-order valence-corrected chi connectivity index (χ2v) is 5.33. The van der Waals surface area contributed by atoms with Crippen molar-refractivity contribution in [1.82, 2.24) is 20.3 Å². The van der Waals surface area contributed by atoms with Gasteiger partial charge in [-0.1, -0.05) is 23.7 Å². The standard InChI is InChI=1S/C12H12BrClF2N4/c1-3-17-10(11-12(13)18-19-20(11)2)6-4-9(16)7(14)5-8(6)15/h4-5,10,17H,3H2,1-2H3. The highest BCUT2D eigenvalue weighted by molar-refractivity contribution is 9.10. The van der Waals surface area contributed by atoms with Crippen LogP contribution in [0.2, 0.25) is 5.02 Å². The van der Waals surface area contributed by atoms with Crippen LogP contribution in [0.3, 0.4) is 0 Å². The molecule has 2 rings (SSSR count). The molecule has 1 N–H and O–H groups in total. The average molecular weight is 366 g/mol. The summed E-state index contributed by atoms with van der Waals surface area (Å²) in [6.45, 7) is 2.43. The first-order valence-electron chi connectivity index (χ1n) is 5.88. The number of nitrogens with zero attached hydrogens (tertiary/aromatic N) is 3. The Morgan fingerprint density at radius 1 is 1.40 bits per heavy atom. The van der Waals surface area contributed by atoms with Gasteiger partial charge in [0.2, 0.25) is 0 Å². The minimum Gasteiger partial charge on any atom is -0.305 e. The fourth-order valence-corrected chi connectivity index (χ4v) is 2.67. The van der Waals surface area contributed by atoms with Gasteiger partial charge in [0.05, 0.1) is 16.8 Å². The third-order valence-corrected chi connectivity index (χ3v) is 3.71. The maximum atomic E-state index is 14.1. The molecule has 1 atom stereocenters. The molecule has 0 aliphatic rings. The lowest BCUT2D eigenvalue weighted by molar-refractivity contribution is 0.520. The van der Waals surface area contributed by atoms with Gasteiger partial charge in [-0.15, -0.1) is 5.10 Å². The highest BCUT2D eigenvalue weighted by Gasteiger charge is 2.25. The first-order valence-corrected chi connectivity index (χ1v) is 7.05. The molecule has 0 spiro atoms. The van der Waals surface area contributed by atoms with Crippen LogP contribution in [-0.4, -0.2) is 21.5 Å². The SMILES string of the molecule is CCNC(c1cc(F)c(Cl)cc1F)c1c(Br)nnn1C. The van der Waals surface area contributed by atoms with Gasteiger partial charge in [-0.05, 0) is 34.6 Å². The Bertz CT molecular complexity index is 613. The van der Waals surface area contributed by atoms with E-state index in [0.717, 1.165) is 12.1 Å². The summed E-state index contributed by atoms with van der Waals surface area (Å²) in [5, 5.41) is 10.6. The molecule has 108 valence electrons. The van der Waals surface area contributed by atoms with Crippen LogP contribution < -0.4 is 5.32 Å². The lowest BCUT2D eigenvalue weighted by Gasteiger charge is -2.19. The van der Waals surface area contributed by atoms with Crippen molar-refractivity contribution in [3.8, 4) is 0 Å². The summed E-state index contributed by atoms with van der Waals surface area (Å²) >= 11 is 8.85. The lowest BCUT2D eigenvalue weighted by Crippen LogP contribution is -2.25. The molecule has 1 aromatic carbocycles. The monoisotopic (exact) mass is 364 g/mol. The number of aryl methyl sites for hydroxylation is 1. The van der Waals surface area contributed by atoms with Crippen LogP contribution in [0.15, 0.2) is 16.7 Å². The van der Waals surface area contributed by atoms with E-state index in [1.54, 1.807) is 7.05 Å². The average Bonchev–Trinajstić information content (AvgIpc) is 2.71. The van der Waals surface area contributed by atoms with Gasteiger partial charge in [-0.2, -0.15) is 0 Å². The van der Waals surface area contributed by atoms with Gasteiger partial charge < -0.3 is 5.32 Å². The fraction of sp³-hybridized carbons (Fsp3) is 0.333. The molecular weight excluding hydrogens is 354 g/mol. The third kappa shape index (κ3) is 2.84. The van der Waals surface area contributed by atoms with E-state index in [9.17, 15) is 8.78 Å². The van der Waals surface area contributed by atoms with Crippen LogP contribution >= 0.6 is 27.5 Å². The van der Waals surface area contributed by atoms with Crippen LogP contribution in [0.4, 0.5) is 8.78 Å². The second kappa shape index (κ2) is 6.15. The Kier molecular flexibility index (Phi) is 4.72. The summed E-state index contributed by atoms with van der Waals surface area (Å²) in [6.07, 6.45) is 0. The smallest absolute Gasteiger partial charge is 0.153 e. The molecule has 2 aromatic rings. The molecule has 4 nitrogen and oxygen atoms in total. The quantitative estimate of drug-likeness (QED) is 0.846. The Hall–Kier alpha value is -1.05. The maximum absolute atomic E-state index is 14.1. The molecular formula is C12H12BrClF2N4. The van der Waals surface area contributed by atoms with Crippen molar-refractivity contribution >= 4 is 27.5 Å². The van der Waals surface area contributed by atoms with Crippen LogP contribution in [0.25, 0.3) is 0 Å². The normalized spacial score (nSPS) is 12.7. The maximum Gasteiger partial charge on any atom is 0.153 e. The van der Waals surface area contributed by atoms with Gasteiger partial charge in [0.25, 0.3) is 0 Å². The molecule has 8 heteroatoms. The van der Waals surface area contributed by atoms with Gasteiger partial charge >= 0.3 is 0 Å². The van der Waals surface area contributed by atoms with E-state index in [4.69, 9.17) is 11.6 Å². The van der Waals surface area contributed by atoms with E-state index in [2.05, 4.69) is 31.6 Å². The minimum atomic E-state index is -0.669. The molecule has 0 radical (unpaired) electrons. The summed E-state index contributed by atoms with van der Waals surface area (Å²) in [5.41, 5.74) is 0.757. The highest BCUT2D eigenvalue weighted by Crippen LogP contribution is 2.30. The van der Waals surface area contributed by atoms with Crippen molar-refractivity contribution in [1.29, 1.82) is 0 Å². The fourth-order valence-electron chi connectivity index (χ4n) is 1.96. The number of halogens is 4. The van der Waals surface area contributed by atoms with Gasteiger partial charge in [0, 0.05) is 12.6 Å². The summed E-state index contributed by atoms with van der Waals surface area (Å²) in [7, 11) is 1.68. The molecule has 1 aromatic heterocycles. The molecule has 0 fully saturated rings. The molecule has 0 saturated heterocycles. The van der Waals surface area contributed by atoms with E-state index >= 15 is 0 Å². The molecule has 1 unspecified atom stereocenters. The van der Waals surface area contributed by atoms with Crippen molar-refractivity contribution in [2.75, 3.05) is 6.54 Å². The van der Waals surface area contributed by atoms with Crippen molar-refractivity contribution in [3.63, 3.8) is 0 Å². The molecule has 1 heterocycles. The Morgan fingerprint density at radius 3 is 2.65 bits per heavy atom. The minimum absolute atomic E-state index is 0.153. The van der Waals surface area contributed by atoms with Crippen LogP contribution in [0.5, 0.6) is 0 Å². The van der Waals surface area contributed by atoms with E-state index in [-0.39, 0.29) is 10.6 Å². The molecule has 0 amide bonds. The van der Waals surface area contributed by atoms with Crippen LogP contribution in [0.1, 0.15) is 24.2 Å². The number of benzene rings is 1. The number of hydrogen-bond donors (Lipinski definition) is 1. The van der Waals surface area contributed by atoms with Gasteiger partial charge in [0.1, 0.15) is 11.6 Å². The predicted octanol–water partition coefficient (Wildman–Crippen LogP) is 3.21. The highest BCUT2D eigenvalue weighted by atomic mass is 79.9. The largest absolute Gasteiger partial charge is 0.305 e. The number of aromatic nitrogens is 3. The predicted molar refractivity (Wildman–Crippen MR) is 75.6 cm³/mol. The second-order valence-electron chi connectivity index (χ2n) is 4.17. The van der Waals surface area contributed by atoms with Crippen LogP contribution in [-0.2, 0) is 7.05 Å². The van der Waals surface area contributed by atoms with Gasteiger partial charge in [-0.3, -0.25) is 0 Å². The Morgan fingerprint density at radius 2 is 2.10 bits per heavy atom. The van der Waals surface area contributed by atoms with Crippen molar-refractivity contribution in [2.45, 2.75) is 13.0 Å². The summed E-state index contributed by atoms with van der Waals surface area (Å²) in [4.78, 5) is 0. The lowest BCUT2D eigenvalue weighted by atomic mass is 10.0. The van der Waals surface area contributed by atoms with E-state index in [1.165, 1.54) is 4.68 Å². The Labute approximate surface area is 128 Å². The first kappa shape index (κ1) is 15.3. The number of nitrogens with one attached hydrogen (secondary N) is 1. The zero-order valence-corrected chi connectivity index (χ0v) is 13.1. The zero-order chi connectivity index (χ0) is 14.9. The van der Waals surface area contributed by atoms with E-state index in [1.807, 2.05) is 6.92 Å². The number of hydrogen-bond acceptors (Lipinski definition) is 3. The molecule has 0 saturated carbocycles. The first-order chi connectivity index (χ1) is 9.45. The topological polar surface area (TPSA) is 42.7 Å². The molecule has 0 aliphatic heterocycles. The summed E-state index contributed by atoms with van der Waals surface area (Å²) < 4.78 is 29.7. The van der Waals surface area contributed by atoms with Gasteiger partial charge in [0.15, 0.2) is 4.60 Å². The molecule has 20 heavy (non-hydrogen) atoms. The van der Waals surface area contributed by atoms with Crippen molar-refractivity contribution in [2.24, 2.45) is 7.05 Å². The van der Waals surface area contributed by atoms with Crippen molar-refractivity contribution < 1.29 is 8.78 Å². The molecule has 0 aliphatic carbocycles. The summed E-state index contributed by atoms with van der Waals surface area (Å²) in [5.74, 6) is -1.26. The van der Waals surface area contributed by atoms with Crippen LogP contribution in [0, 0.1) is 11.6 Å². The van der Waals surface area contributed by atoms with E-state index < -0.39 is 17.7 Å². The Balaban J connectivity index is 2.57. The van der Waals surface area contributed by atoms with Crippen molar-refractivity contribution in [3.05, 3.63) is 44.7 Å².